The number of nitrogens with zero attached hydrogens (tertiary/aromatic N) is 1. The molecule has 0 unspecified atom stereocenters. The van der Waals surface area contributed by atoms with Crippen molar-refractivity contribution in [1.82, 2.24) is 10.3 Å². The molecule has 2 rings (SSSR count). The standard InChI is InChI=1S/C20H27N3O2/c1-4-20(5-2,14-21)23-19(24)17-8-6-7-16(11-17)13-25-18-10-9-15(3)22-12-18/h6-12H,4-5,13-14,21H2,1-3H3,(H,23,24). The molecule has 134 valence electrons. The summed E-state index contributed by atoms with van der Waals surface area (Å²) >= 11 is 0. The average Bonchev–Trinajstić information content (AvgIpc) is 2.66. The zero-order valence-electron chi connectivity index (χ0n) is 15.2. The molecule has 0 aliphatic heterocycles. The van der Waals surface area contributed by atoms with E-state index < -0.39 is 0 Å². The summed E-state index contributed by atoms with van der Waals surface area (Å²) in [5.41, 5.74) is 8.01. The molecule has 0 saturated carbocycles. The van der Waals surface area contributed by atoms with Crippen LogP contribution in [0.15, 0.2) is 42.6 Å². The van der Waals surface area contributed by atoms with Crippen molar-refractivity contribution in [2.75, 3.05) is 6.54 Å². The number of hydrogen-bond acceptors (Lipinski definition) is 4. The fourth-order valence-corrected chi connectivity index (χ4v) is 2.59. The van der Waals surface area contributed by atoms with Gasteiger partial charge >= 0.3 is 0 Å². The van der Waals surface area contributed by atoms with Gasteiger partial charge in [0, 0.05) is 17.8 Å². The van der Waals surface area contributed by atoms with Crippen LogP contribution in [0.25, 0.3) is 0 Å². The Kier molecular flexibility index (Phi) is 6.53. The number of aromatic nitrogens is 1. The highest BCUT2D eigenvalue weighted by Gasteiger charge is 2.26. The van der Waals surface area contributed by atoms with Crippen molar-refractivity contribution >= 4 is 5.91 Å². The van der Waals surface area contributed by atoms with Crippen LogP contribution in [0.5, 0.6) is 5.75 Å². The third kappa shape index (κ3) is 5.03. The number of nitrogens with one attached hydrogen (secondary N) is 1. The number of carbonyl (C=O) groups excluding carboxylic acids is 1. The summed E-state index contributed by atoms with van der Waals surface area (Å²) in [6, 6.07) is 11.2. The minimum Gasteiger partial charge on any atom is -0.487 e. The van der Waals surface area contributed by atoms with E-state index in [2.05, 4.69) is 10.3 Å². The first-order valence-electron chi connectivity index (χ1n) is 8.69. The highest BCUT2D eigenvalue weighted by Crippen LogP contribution is 2.16. The molecule has 0 aliphatic carbocycles. The van der Waals surface area contributed by atoms with Gasteiger partial charge in [0.05, 0.1) is 11.7 Å². The molecule has 1 amide bonds. The molecule has 0 saturated heterocycles. The first-order chi connectivity index (χ1) is 12.0. The van der Waals surface area contributed by atoms with E-state index in [1.165, 1.54) is 0 Å². The van der Waals surface area contributed by atoms with Crippen LogP contribution in [0.1, 0.15) is 48.3 Å². The van der Waals surface area contributed by atoms with E-state index in [1.54, 1.807) is 12.3 Å². The predicted octanol–water partition coefficient (Wildman–Crippen LogP) is 3.22. The molecule has 0 radical (unpaired) electrons. The third-order valence-corrected chi connectivity index (χ3v) is 4.60. The molecular formula is C20H27N3O2. The second-order valence-corrected chi connectivity index (χ2v) is 6.27. The van der Waals surface area contributed by atoms with Crippen LogP contribution in [0, 0.1) is 6.92 Å². The fraction of sp³-hybridized carbons (Fsp3) is 0.400. The molecular weight excluding hydrogens is 314 g/mol. The lowest BCUT2D eigenvalue weighted by molar-refractivity contribution is 0.0895. The summed E-state index contributed by atoms with van der Waals surface area (Å²) in [5, 5.41) is 3.09. The van der Waals surface area contributed by atoms with Crippen molar-refractivity contribution in [3.63, 3.8) is 0 Å². The Morgan fingerprint density at radius 2 is 2.00 bits per heavy atom. The zero-order valence-corrected chi connectivity index (χ0v) is 15.2. The highest BCUT2D eigenvalue weighted by molar-refractivity contribution is 5.94. The van der Waals surface area contributed by atoms with Gasteiger partial charge < -0.3 is 15.8 Å². The maximum Gasteiger partial charge on any atom is 0.251 e. The van der Waals surface area contributed by atoms with Crippen molar-refractivity contribution in [2.24, 2.45) is 5.73 Å². The molecule has 25 heavy (non-hydrogen) atoms. The van der Waals surface area contributed by atoms with Gasteiger partial charge in [-0.1, -0.05) is 26.0 Å². The Bertz CT molecular complexity index is 686. The SMILES string of the molecule is CCC(CC)(CN)NC(=O)c1cccc(COc2ccc(C)nc2)c1. The first kappa shape index (κ1) is 18.9. The Morgan fingerprint density at radius 3 is 2.60 bits per heavy atom. The highest BCUT2D eigenvalue weighted by atomic mass is 16.5. The first-order valence-corrected chi connectivity index (χ1v) is 8.69. The monoisotopic (exact) mass is 341 g/mol. The molecule has 5 nitrogen and oxygen atoms in total. The van der Waals surface area contributed by atoms with Gasteiger partial charge in [0.1, 0.15) is 12.4 Å². The summed E-state index contributed by atoms with van der Waals surface area (Å²) in [4.78, 5) is 16.8. The predicted molar refractivity (Wildman–Crippen MR) is 99.6 cm³/mol. The van der Waals surface area contributed by atoms with Crippen molar-refractivity contribution in [3.05, 3.63) is 59.4 Å². The van der Waals surface area contributed by atoms with E-state index in [9.17, 15) is 4.79 Å². The Hall–Kier alpha value is -2.40. The topological polar surface area (TPSA) is 77.2 Å². The number of benzene rings is 1. The van der Waals surface area contributed by atoms with Gasteiger partial charge in [0.25, 0.3) is 5.91 Å². The van der Waals surface area contributed by atoms with Crippen molar-refractivity contribution in [1.29, 1.82) is 0 Å². The van der Waals surface area contributed by atoms with Gasteiger partial charge in [-0.25, -0.2) is 0 Å². The Labute approximate surface area is 149 Å². The maximum absolute atomic E-state index is 12.6. The average molecular weight is 341 g/mol. The Balaban J connectivity index is 2.04. The van der Waals surface area contributed by atoms with Crippen molar-refractivity contribution in [3.8, 4) is 5.75 Å². The van der Waals surface area contributed by atoms with Gasteiger partial charge in [-0.2, -0.15) is 0 Å². The van der Waals surface area contributed by atoms with Gasteiger partial charge in [0.2, 0.25) is 0 Å². The minimum atomic E-state index is -0.350. The lowest BCUT2D eigenvalue weighted by Crippen LogP contribution is -2.52. The quantitative estimate of drug-likeness (QED) is 0.773. The maximum atomic E-state index is 12.6. The number of pyridine rings is 1. The molecule has 1 heterocycles. The molecule has 3 N–H and O–H groups in total. The number of amides is 1. The van der Waals surface area contributed by atoms with Crippen LogP contribution in [0.3, 0.4) is 0 Å². The van der Waals surface area contributed by atoms with Crippen LogP contribution in [0.2, 0.25) is 0 Å². The van der Waals surface area contributed by atoms with Crippen LogP contribution < -0.4 is 15.8 Å². The van der Waals surface area contributed by atoms with Crippen LogP contribution >= 0.6 is 0 Å². The number of nitrogens with two attached hydrogens (primary N) is 1. The second-order valence-electron chi connectivity index (χ2n) is 6.27. The zero-order chi connectivity index (χ0) is 18.3. The number of hydrogen-bond donors (Lipinski definition) is 2. The van der Waals surface area contributed by atoms with Crippen molar-refractivity contribution < 1.29 is 9.53 Å². The number of aryl methyl sites for hydroxylation is 1. The smallest absolute Gasteiger partial charge is 0.251 e. The molecule has 0 aliphatic rings. The summed E-state index contributed by atoms with van der Waals surface area (Å²) in [6.07, 6.45) is 3.30. The summed E-state index contributed by atoms with van der Waals surface area (Å²) in [6.45, 7) is 6.82. The molecule has 0 spiro atoms. The Morgan fingerprint density at radius 1 is 1.24 bits per heavy atom. The number of rotatable bonds is 8. The van der Waals surface area contributed by atoms with Crippen LogP contribution in [-0.2, 0) is 6.61 Å². The van der Waals surface area contributed by atoms with E-state index in [0.717, 1.165) is 24.1 Å². The normalized spacial score (nSPS) is 11.2. The lowest BCUT2D eigenvalue weighted by atomic mass is 9.92. The number of ether oxygens (including phenoxy) is 1. The van der Waals surface area contributed by atoms with E-state index in [1.807, 2.05) is 51.1 Å². The van der Waals surface area contributed by atoms with Crippen LogP contribution in [0.4, 0.5) is 0 Å². The van der Waals surface area contributed by atoms with E-state index in [0.29, 0.717) is 24.5 Å². The van der Waals surface area contributed by atoms with Crippen molar-refractivity contribution in [2.45, 2.75) is 45.8 Å². The largest absolute Gasteiger partial charge is 0.487 e. The van der Waals surface area contributed by atoms with Gasteiger partial charge in [-0.15, -0.1) is 0 Å². The van der Waals surface area contributed by atoms with E-state index in [4.69, 9.17) is 10.5 Å². The molecule has 0 atom stereocenters. The summed E-state index contributed by atoms with van der Waals surface area (Å²) in [7, 11) is 0. The molecule has 5 heteroatoms. The number of carbonyl (C=O) groups is 1. The molecule has 1 aromatic heterocycles. The summed E-state index contributed by atoms with van der Waals surface area (Å²) < 4.78 is 5.73. The molecule has 2 aromatic rings. The van der Waals surface area contributed by atoms with Crippen LogP contribution in [-0.4, -0.2) is 23.0 Å². The molecule has 0 fully saturated rings. The van der Waals surface area contributed by atoms with E-state index >= 15 is 0 Å². The fourth-order valence-electron chi connectivity index (χ4n) is 2.59. The van der Waals surface area contributed by atoms with Gasteiger partial charge in [-0.3, -0.25) is 9.78 Å². The summed E-state index contributed by atoms with van der Waals surface area (Å²) in [5.74, 6) is 0.604. The molecule has 0 bridgehead atoms. The lowest BCUT2D eigenvalue weighted by Gasteiger charge is -2.31. The molecule has 1 aromatic carbocycles. The van der Waals surface area contributed by atoms with Gasteiger partial charge in [0.15, 0.2) is 0 Å². The van der Waals surface area contributed by atoms with Gasteiger partial charge in [-0.05, 0) is 49.6 Å². The third-order valence-electron chi connectivity index (χ3n) is 4.60. The minimum absolute atomic E-state index is 0.104. The van der Waals surface area contributed by atoms with E-state index in [-0.39, 0.29) is 11.4 Å². The second kappa shape index (κ2) is 8.62.